The van der Waals surface area contributed by atoms with Crippen molar-refractivity contribution in [2.45, 2.75) is 44.1 Å². The fourth-order valence-electron chi connectivity index (χ4n) is 3.23. The highest BCUT2D eigenvalue weighted by Crippen LogP contribution is 2.37. The summed E-state index contributed by atoms with van der Waals surface area (Å²) >= 11 is 6.80. The monoisotopic (exact) mass is 626 g/mol. The van der Waals surface area contributed by atoms with Crippen LogP contribution in [0.25, 0.3) is 0 Å². The van der Waals surface area contributed by atoms with Crippen LogP contribution in [-0.4, -0.2) is 34.4 Å². The summed E-state index contributed by atoms with van der Waals surface area (Å²) in [5.74, 6) is 0. The van der Waals surface area contributed by atoms with E-state index in [1.54, 1.807) is 12.1 Å². The van der Waals surface area contributed by atoms with Gasteiger partial charge in [0.25, 0.3) is 20.2 Å². The minimum Gasteiger partial charge on any atom is -0.282 e. The summed E-state index contributed by atoms with van der Waals surface area (Å²) in [7, 11) is -13.9. The highest BCUT2D eigenvalue weighted by molar-refractivity contribution is 8.00. The van der Waals surface area contributed by atoms with Crippen molar-refractivity contribution in [2.24, 2.45) is 0 Å². The predicted octanol–water partition coefficient (Wildman–Crippen LogP) is 5.60. The summed E-state index contributed by atoms with van der Waals surface area (Å²) in [5, 5.41) is 0. The molecule has 0 heterocycles. The molecule has 198 valence electrons. The first kappa shape index (κ1) is 28.7. The zero-order chi connectivity index (χ0) is 27.7. The van der Waals surface area contributed by atoms with Gasteiger partial charge in [0.1, 0.15) is 4.90 Å². The van der Waals surface area contributed by atoms with E-state index in [0.29, 0.717) is 4.90 Å². The van der Waals surface area contributed by atoms with Crippen LogP contribution in [0.15, 0.2) is 135 Å². The van der Waals surface area contributed by atoms with Crippen LogP contribution < -0.4 is 0 Å². The number of rotatable bonds is 8. The van der Waals surface area contributed by atoms with Crippen molar-refractivity contribution in [2.75, 3.05) is 0 Å². The first-order chi connectivity index (χ1) is 17.7. The molecule has 14 heteroatoms. The minimum atomic E-state index is -4.83. The number of hydrogen-bond donors (Lipinski definition) is 3. The van der Waals surface area contributed by atoms with Crippen LogP contribution in [-0.2, 0) is 30.1 Å². The predicted molar refractivity (Wildman–Crippen MR) is 146 cm³/mol. The molecule has 0 fully saturated rings. The molecule has 0 atom stereocenters. The van der Waals surface area contributed by atoms with Gasteiger partial charge in [0.2, 0.25) is 9.84 Å². The Morgan fingerprint density at radius 3 is 1.61 bits per heavy atom. The molecule has 0 spiro atoms. The third-order valence-electron chi connectivity index (χ3n) is 5.04. The molecule has 0 amide bonds. The number of sulfone groups is 1. The first-order valence-electron chi connectivity index (χ1n) is 10.4. The van der Waals surface area contributed by atoms with Crippen molar-refractivity contribution < 1.29 is 34.4 Å². The average Bonchev–Trinajstić information content (AvgIpc) is 2.85. The average molecular weight is 627 g/mol. The second-order valence-electron chi connectivity index (χ2n) is 7.71. The summed E-state index contributed by atoms with van der Waals surface area (Å²) in [6.45, 7) is 0. The van der Waals surface area contributed by atoms with Crippen molar-refractivity contribution in [3.63, 3.8) is 0 Å². The zero-order valence-electron chi connectivity index (χ0n) is 19.0. The van der Waals surface area contributed by atoms with E-state index < -0.39 is 49.7 Å². The van der Waals surface area contributed by atoms with E-state index >= 15 is 0 Å². The van der Waals surface area contributed by atoms with E-state index in [0.717, 1.165) is 62.8 Å². The first-order valence-corrected chi connectivity index (χ1v) is 16.9. The Hall–Kier alpha value is -2.30. The third-order valence-corrected chi connectivity index (χ3v) is 11.1. The molecular formula is C24H18O8S6. The molecule has 0 aliphatic carbocycles. The fraction of sp³-hybridized carbons (Fsp3) is 0. The molecule has 0 bridgehead atoms. The molecule has 0 aromatic heterocycles. The van der Waals surface area contributed by atoms with Gasteiger partial charge >= 0.3 is 0 Å². The summed E-state index contributed by atoms with van der Waals surface area (Å²) in [4.78, 5) is 1.29. The number of hydrogen-bond acceptors (Lipinski definition) is 9. The Balaban J connectivity index is 1.64. The van der Waals surface area contributed by atoms with E-state index in [2.05, 4.69) is 12.6 Å². The lowest BCUT2D eigenvalue weighted by Crippen LogP contribution is -2.07. The molecule has 4 aromatic rings. The van der Waals surface area contributed by atoms with Crippen molar-refractivity contribution in [1.29, 1.82) is 0 Å². The quantitative estimate of drug-likeness (QED) is 0.167. The van der Waals surface area contributed by atoms with Crippen molar-refractivity contribution in [3.05, 3.63) is 91.0 Å². The summed E-state index contributed by atoms with van der Waals surface area (Å²) < 4.78 is 92.4. The van der Waals surface area contributed by atoms with Crippen LogP contribution in [0.1, 0.15) is 0 Å². The van der Waals surface area contributed by atoms with Gasteiger partial charge < -0.3 is 0 Å². The van der Waals surface area contributed by atoms with Crippen LogP contribution >= 0.6 is 36.2 Å². The van der Waals surface area contributed by atoms with E-state index in [4.69, 9.17) is 0 Å². The van der Waals surface area contributed by atoms with Gasteiger partial charge in [-0.2, -0.15) is 16.8 Å². The molecule has 0 saturated heterocycles. The van der Waals surface area contributed by atoms with Gasteiger partial charge in [0.05, 0.1) is 14.7 Å². The van der Waals surface area contributed by atoms with E-state index in [-0.39, 0.29) is 4.90 Å². The molecule has 38 heavy (non-hydrogen) atoms. The van der Waals surface area contributed by atoms with Gasteiger partial charge in [-0.3, -0.25) is 9.11 Å². The third kappa shape index (κ3) is 6.82. The molecule has 4 aromatic carbocycles. The molecule has 0 radical (unpaired) electrons. The van der Waals surface area contributed by atoms with Crippen LogP contribution in [0.4, 0.5) is 0 Å². The largest absolute Gasteiger partial charge is 0.295 e. The van der Waals surface area contributed by atoms with Gasteiger partial charge in [-0.1, -0.05) is 29.6 Å². The molecule has 0 aliphatic heterocycles. The van der Waals surface area contributed by atoms with Crippen molar-refractivity contribution in [3.8, 4) is 0 Å². The summed E-state index contributed by atoms with van der Waals surface area (Å²) in [6, 6.07) is 22.0. The standard InChI is InChI=1S/C24H18O8S6/c25-36(26,20-2-1-3-22(14-20)37(27,28)29)21-12-13-23(24(15-21)38(30,31)32)35-19-10-8-18(9-11-19)34-17-6-4-16(33)5-7-17/h1-15,33H,(H,27,28,29)(H,30,31,32). The highest BCUT2D eigenvalue weighted by Gasteiger charge is 2.25. The smallest absolute Gasteiger partial charge is 0.282 e. The van der Waals surface area contributed by atoms with Gasteiger partial charge in [-0.25, -0.2) is 8.42 Å². The lowest BCUT2D eigenvalue weighted by atomic mass is 10.3. The Kier molecular flexibility index (Phi) is 8.35. The molecule has 8 nitrogen and oxygen atoms in total. The van der Waals surface area contributed by atoms with Gasteiger partial charge in [-0.15, -0.1) is 12.6 Å². The summed E-state index contributed by atoms with van der Waals surface area (Å²) in [5.41, 5.74) is 0. The molecular weight excluding hydrogens is 609 g/mol. The van der Waals surface area contributed by atoms with E-state index in [1.807, 2.05) is 36.4 Å². The summed E-state index contributed by atoms with van der Waals surface area (Å²) in [6.07, 6.45) is 0. The molecule has 0 unspecified atom stereocenters. The maximum absolute atomic E-state index is 13.1. The Morgan fingerprint density at radius 1 is 0.553 bits per heavy atom. The van der Waals surface area contributed by atoms with Crippen LogP contribution in [0, 0.1) is 0 Å². The topological polar surface area (TPSA) is 143 Å². The maximum atomic E-state index is 13.1. The Labute approximate surface area is 234 Å². The van der Waals surface area contributed by atoms with Gasteiger partial charge in [-0.05, 0) is 84.9 Å². The lowest BCUT2D eigenvalue weighted by Gasteiger charge is -2.11. The molecule has 4 rings (SSSR count). The number of benzene rings is 4. The minimum absolute atomic E-state index is 0.0860. The molecule has 0 saturated carbocycles. The molecule has 0 aliphatic rings. The van der Waals surface area contributed by atoms with Crippen LogP contribution in [0.3, 0.4) is 0 Å². The van der Waals surface area contributed by atoms with Crippen molar-refractivity contribution >= 4 is 66.2 Å². The van der Waals surface area contributed by atoms with E-state index in [9.17, 15) is 34.4 Å². The zero-order valence-corrected chi connectivity index (χ0v) is 24.0. The van der Waals surface area contributed by atoms with E-state index in [1.165, 1.54) is 17.8 Å². The number of thiol groups is 1. The lowest BCUT2D eigenvalue weighted by molar-refractivity contribution is 0.479. The Bertz CT molecular complexity index is 1820. The highest BCUT2D eigenvalue weighted by atomic mass is 32.2. The van der Waals surface area contributed by atoms with Gasteiger partial charge in [0.15, 0.2) is 0 Å². The maximum Gasteiger partial charge on any atom is 0.295 e. The second-order valence-corrected chi connectivity index (χ2v) is 15.2. The SMILES string of the molecule is O=S(=O)(O)c1cccc(S(=O)(=O)c2ccc(Sc3ccc(Sc4ccc(S)cc4)cc3)c(S(=O)(=O)O)c2)c1. The van der Waals surface area contributed by atoms with Gasteiger partial charge in [0, 0.05) is 24.5 Å². The fourth-order valence-corrected chi connectivity index (χ4v) is 8.07. The van der Waals surface area contributed by atoms with Crippen molar-refractivity contribution in [1.82, 2.24) is 0 Å². The van der Waals surface area contributed by atoms with Crippen LogP contribution in [0.2, 0.25) is 0 Å². The normalized spacial score (nSPS) is 12.4. The van der Waals surface area contributed by atoms with Crippen LogP contribution in [0.5, 0.6) is 0 Å². The Morgan fingerprint density at radius 2 is 1.05 bits per heavy atom. The second kappa shape index (κ2) is 11.1. The molecule has 2 N–H and O–H groups in total.